The lowest BCUT2D eigenvalue weighted by Gasteiger charge is -2.39. The first-order valence-corrected chi connectivity index (χ1v) is 15.4. The van der Waals surface area contributed by atoms with Crippen molar-refractivity contribution in [2.75, 3.05) is 29.5 Å². The molecule has 2 saturated heterocycles. The van der Waals surface area contributed by atoms with Gasteiger partial charge in [0.2, 0.25) is 11.8 Å². The summed E-state index contributed by atoms with van der Waals surface area (Å²) in [4.78, 5) is 55.5. The Kier molecular flexibility index (Phi) is 10.5. The zero-order chi connectivity index (χ0) is 32.2. The number of hydrogen-bond donors (Lipinski definition) is 2. The normalized spacial score (nSPS) is 24.1. The van der Waals surface area contributed by atoms with Crippen molar-refractivity contribution in [3.63, 3.8) is 0 Å². The number of allylic oxidation sites excluding steroid dienone is 3. The van der Waals surface area contributed by atoms with Gasteiger partial charge in [-0.25, -0.2) is 0 Å². The third-order valence-electron chi connectivity index (χ3n) is 8.74. The van der Waals surface area contributed by atoms with Gasteiger partial charge in [0, 0.05) is 43.6 Å². The predicted octanol–water partition coefficient (Wildman–Crippen LogP) is 4.11. The number of esters is 1. The molecule has 0 saturated carbocycles. The van der Waals surface area contributed by atoms with Crippen LogP contribution in [0.2, 0.25) is 0 Å². The van der Waals surface area contributed by atoms with Gasteiger partial charge in [-0.05, 0) is 64.7 Å². The number of hydrogen-bond acceptors (Lipinski definition) is 7. The van der Waals surface area contributed by atoms with E-state index in [4.69, 9.17) is 4.74 Å². The first-order chi connectivity index (χ1) is 20.9. The minimum atomic E-state index is -1.96. The van der Waals surface area contributed by atoms with Gasteiger partial charge in [0.1, 0.15) is 0 Å². The van der Waals surface area contributed by atoms with E-state index in [-0.39, 0.29) is 43.8 Å². The minimum Gasteiger partial charge on any atom is -0.441 e. The van der Waals surface area contributed by atoms with Crippen molar-refractivity contribution < 1.29 is 34.1 Å². The lowest BCUT2D eigenvalue weighted by molar-refractivity contribution is -0.154. The topological polar surface area (TPSA) is 128 Å². The van der Waals surface area contributed by atoms with Crippen molar-refractivity contribution >= 4 is 35.1 Å². The van der Waals surface area contributed by atoms with Crippen LogP contribution in [0.5, 0.6) is 0 Å². The second-order valence-electron chi connectivity index (χ2n) is 12.3. The molecular formula is C34H45N3O7. The summed E-state index contributed by atoms with van der Waals surface area (Å²) in [5, 5.41) is 21.7. The Hall–Kier alpha value is -3.76. The lowest BCUT2D eigenvalue weighted by Crippen LogP contribution is -2.55. The molecule has 1 aromatic carbocycles. The number of likely N-dealkylation sites (tertiary alicyclic amines) is 1. The van der Waals surface area contributed by atoms with Gasteiger partial charge in [-0.1, -0.05) is 42.4 Å². The van der Waals surface area contributed by atoms with Crippen molar-refractivity contribution in [1.82, 2.24) is 4.90 Å². The highest BCUT2D eigenvalue weighted by atomic mass is 16.6. The SMILES string of the molecule is CC(=O)OC1CC(=O)N1c1ccc2c(c1)[C@@](O)([C@H](C)/C=C/CC(=O)N1CCC[C@H]1CO)C(=O)N2C/C=C(\C)CCC=C(C)C. The van der Waals surface area contributed by atoms with Crippen LogP contribution in [0.4, 0.5) is 11.4 Å². The predicted molar refractivity (Wildman–Crippen MR) is 168 cm³/mol. The maximum Gasteiger partial charge on any atom is 0.304 e. The number of fused-ring (bicyclic) bond motifs is 1. The highest BCUT2D eigenvalue weighted by molar-refractivity contribution is 6.09. The second kappa shape index (κ2) is 13.9. The van der Waals surface area contributed by atoms with E-state index in [1.165, 1.54) is 17.4 Å². The fourth-order valence-electron chi connectivity index (χ4n) is 6.17. The summed E-state index contributed by atoms with van der Waals surface area (Å²) in [6.45, 7) is 9.92. The highest BCUT2D eigenvalue weighted by Gasteiger charge is 2.53. The van der Waals surface area contributed by atoms with Crippen LogP contribution in [0.25, 0.3) is 0 Å². The third-order valence-corrected chi connectivity index (χ3v) is 8.74. The van der Waals surface area contributed by atoms with Crippen molar-refractivity contribution in [2.45, 2.75) is 91.0 Å². The van der Waals surface area contributed by atoms with E-state index in [0.717, 1.165) is 31.3 Å². The summed E-state index contributed by atoms with van der Waals surface area (Å²) in [6, 6.07) is 4.85. The van der Waals surface area contributed by atoms with Gasteiger partial charge in [-0.15, -0.1) is 0 Å². The maximum absolute atomic E-state index is 14.0. The van der Waals surface area contributed by atoms with Crippen LogP contribution in [-0.4, -0.2) is 70.8 Å². The maximum atomic E-state index is 14.0. The number of ether oxygens (including phenoxy) is 1. The molecule has 4 rings (SSSR count). The molecule has 3 aliphatic rings. The molecule has 238 valence electrons. The summed E-state index contributed by atoms with van der Waals surface area (Å²) in [7, 11) is 0. The molecule has 0 aromatic heterocycles. The van der Waals surface area contributed by atoms with Gasteiger partial charge in [0.05, 0.1) is 24.8 Å². The van der Waals surface area contributed by atoms with E-state index < -0.39 is 29.6 Å². The van der Waals surface area contributed by atoms with Crippen LogP contribution in [-0.2, 0) is 29.5 Å². The molecule has 1 aromatic rings. The quantitative estimate of drug-likeness (QED) is 0.208. The molecule has 0 bridgehead atoms. The number of carbonyl (C=O) groups excluding carboxylic acids is 4. The summed E-state index contributed by atoms with van der Waals surface area (Å²) in [6.07, 6.45) is 10.3. The van der Waals surface area contributed by atoms with Gasteiger partial charge in [-0.3, -0.25) is 24.1 Å². The van der Waals surface area contributed by atoms with Gasteiger partial charge in [0.15, 0.2) is 11.8 Å². The van der Waals surface area contributed by atoms with Crippen molar-refractivity contribution in [3.05, 3.63) is 59.2 Å². The smallest absolute Gasteiger partial charge is 0.304 e. The van der Waals surface area contributed by atoms with Gasteiger partial charge in [-0.2, -0.15) is 0 Å². The number of amides is 3. The molecule has 3 heterocycles. The number of aliphatic hydroxyl groups excluding tert-OH is 1. The number of anilines is 2. The molecule has 0 radical (unpaired) electrons. The number of benzene rings is 1. The zero-order valence-electron chi connectivity index (χ0n) is 26.4. The van der Waals surface area contributed by atoms with E-state index in [0.29, 0.717) is 23.5 Å². The second-order valence-corrected chi connectivity index (χ2v) is 12.3. The van der Waals surface area contributed by atoms with E-state index >= 15 is 0 Å². The lowest BCUT2D eigenvalue weighted by atomic mass is 9.82. The van der Waals surface area contributed by atoms with Crippen molar-refractivity contribution in [3.8, 4) is 0 Å². The van der Waals surface area contributed by atoms with Crippen LogP contribution in [0.3, 0.4) is 0 Å². The first-order valence-electron chi connectivity index (χ1n) is 15.4. The molecule has 1 unspecified atom stereocenters. The van der Waals surface area contributed by atoms with Gasteiger partial charge in [0.25, 0.3) is 5.91 Å². The van der Waals surface area contributed by atoms with E-state index in [1.54, 1.807) is 47.1 Å². The van der Waals surface area contributed by atoms with Gasteiger partial charge >= 0.3 is 5.97 Å². The number of β-lactam (4-membered cyclic amide) rings is 1. The molecule has 44 heavy (non-hydrogen) atoms. The summed E-state index contributed by atoms with van der Waals surface area (Å²) >= 11 is 0. The monoisotopic (exact) mass is 607 g/mol. The molecule has 0 aliphatic carbocycles. The average Bonchev–Trinajstić information content (AvgIpc) is 3.52. The molecular weight excluding hydrogens is 562 g/mol. The molecule has 10 heteroatoms. The zero-order valence-corrected chi connectivity index (χ0v) is 26.4. The summed E-state index contributed by atoms with van der Waals surface area (Å²) < 4.78 is 5.28. The Balaban J connectivity index is 1.62. The fourth-order valence-corrected chi connectivity index (χ4v) is 6.17. The highest BCUT2D eigenvalue weighted by Crippen LogP contribution is 2.47. The Bertz CT molecular complexity index is 1380. The fraction of sp³-hybridized carbons (Fsp3) is 0.529. The van der Waals surface area contributed by atoms with Crippen LogP contribution in [0.1, 0.15) is 78.7 Å². The Morgan fingerprint density at radius 2 is 1.91 bits per heavy atom. The summed E-state index contributed by atoms with van der Waals surface area (Å²) in [5.74, 6) is -2.06. The minimum absolute atomic E-state index is 0.0597. The number of rotatable bonds is 12. The standard InChI is InChI=1S/C34H45N3O7/c1-22(2)9-6-10-23(3)16-18-36-29-15-14-26(37-31(41)20-32(37)44-25(5)39)19-28(29)34(43,33(36)42)24(4)11-7-13-30(40)35-17-8-12-27(35)21-38/h7,9,11,14-16,19,24,27,32,38,43H,6,8,10,12-13,17-18,20-21H2,1-5H3/b11-7+,23-16+/t24-,27+,32?,34+/m1/s1. The number of aliphatic hydroxyl groups is 2. The summed E-state index contributed by atoms with van der Waals surface area (Å²) in [5.41, 5.74) is 1.71. The van der Waals surface area contributed by atoms with Crippen LogP contribution in [0, 0.1) is 5.92 Å². The van der Waals surface area contributed by atoms with Crippen molar-refractivity contribution in [2.24, 2.45) is 5.92 Å². The largest absolute Gasteiger partial charge is 0.441 e. The number of carbonyl (C=O) groups is 4. The van der Waals surface area contributed by atoms with E-state index in [9.17, 15) is 29.4 Å². The molecule has 10 nitrogen and oxygen atoms in total. The van der Waals surface area contributed by atoms with Gasteiger partial charge < -0.3 is 24.7 Å². The Morgan fingerprint density at radius 1 is 1.16 bits per heavy atom. The molecule has 0 spiro atoms. The molecule has 2 N–H and O–H groups in total. The van der Waals surface area contributed by atoms with E-state index in [1.807, 2.05) is 13.0 Å². The Morgan fingerprint density at radius 3 is 2.57 bits per heavy atom. The van der Waals surface area contributed by atoms with Crippen LogP contribution in [0.15, 0.2) is 53.6 Å². The molecule has 3 aliphatic heterocycles. The number of nitrogens with zero attached hydrogens (tertiary/aromatic N) is 3. The van der Waals surface area contributed by atoms with Crippen LogP contribution < -0.4 is 9.80 Å². The third kappa shape index (κ3) is 6.81. The molecule has 2 fully saturated rings. The first kappa shape index (κ1) is 33.1. The molecule has 3 amide bonds. The average molecular weight is 608 g/mol. The van der Waals surface area contributed by atoms with E-state index in [2.05, 4.69) is 19.9 Å². The van der Waals surface area contributed by atoms with Crippen molar-refractivity contribution in [1.29, 1.82) is 0 Å². The Labute approximate surface area is 259 Å². The van der Waals surface area contributed by atoms with Crippen LogP contribution >= 0.6 is 0 Å². The molecule has 4 atom stereocenters.